The van der Waals surface area contributed by atoms with Gasteiger partial charge in [-0.3, -0.25) is 4.90 Å². The molecule has 0 N–H and O–H groups in total. The molecule has 1 aromatic rings. The van der Waals surface area contributed by atoms with Gasteiger partial charge in [0.2, 0.25) is 0 Å². The van der Waals surface area contributed by atoms with Gasteiger partial charge < -0.3 is 0 Å². The predicted octanol–water partition coefficient (Wildman–Crippen LogP) is 5.65. The highest BCUT2D eigenvalue weighted by Gasteiger charge is 2.33. The van der Waals surface area contributed by atoms with Gasteiger partial charge in [-0.05, 0) is 50.1 Å². The fourth-order valence-corrected chi connectivity index (χ4v) is 5.03. The van der Waals surface area contributed by atoms with Crippen LogP contribution in [0.1, 0.15) is 69.8 Å². The Hall–Kier alpha value is -0.820. The normalized spacial score (nSPS) is 21.6. The van der Waals surface area contributed by atoms with Crippen molar-refractivity contribution in [3.05, 3.63) is 35.9 Å². The second kappa shape index (κ2) is 8.15. The number of rotatable bonds is 5. The van der Waals surface area contributed by atoms with Crippen LogP contribution in [-0.2, 0) is 6.54 Å². The molecule has 0 heterocycles. The Bertz CT molecular complexity index is 397. The molecule has 0 amide bonds. The van der Waals surface area contributed by atoms with Crippen LogP contribution in [0.3, 0.4) is 0 Å². The van der Waals surface area contributed by atoms with Crippen molar-refractivity contribution in [3.63, 3.8) is 0 Å². The maximum atomic E-state index is 2.71. The monoisotopic (exact) mass is 299 g/mol. The van der Waals surface area contributed by atoms with E-state index in [0.717, 1.165) is 24.4 Å². The van der Waals surface area contributed by atoms with Gasteiger partial charge in [0.05, 0.1) is 0 Å². The lowest BCUT2D eigenvalue weighted by molar-refractivity contribution is 0.0678. The molecule has 122 valence electrons. The first-order valence-electron chi connectivity index (χ1n) is 9.59. The molecule has 22 heavy (non-hydrogen) atoms. The molecule has 0 spiro atoms. The highest BCUT2D eigenvalue weighted by atomic mass is 15.1. The zero-order chi connectivity index (χ0) is 15.2. The quantitative estimate of drug-likeness (QED) is 0.679. The van der Waals surface area contributed by atoms with Gasteiger partial charge in [-0.25, -0.2) is 0 Å². The fourth-order valence-electron chi connectivity index (χ4n) is 5.03. The molecular formula is C21H33N. The Morgan fingerprint density at radius 3 is 1.82 bits per heavy atom. The zero-order valence-corrected chi connectivity index (χ0v) is 14.3. The van der Waals surface area contributed by atoms with Crippen LogP contribution >= 0.6 is 0 Å². The summed E-state index contributed by atoms with van der Waals surface area (Å²) in [4.78, 5) is 2.71. The molecule has 0 bridgehead atoms. The van der Waals surface area contributed by atoms with Crippen LogP contribution in [0.5, 0.6) is 0 Å². The summed E-state index contributed by atoms with van der Waals surface area (Å²) in [7, 11) is 2.39. The third-order valence-corrected chi connectivity index (χ3v) is 6.05. The van der Waals surface area contributed by atoms with E-state index in [1.54, 1.807) is 0 Å². The van der Waals surface area contributed by atoms with E-state index in [0.29, 0.717) is 0 Å². The Balaban J connectivity index is 1.71. The first-order valence-corrected chi connectivity index (χ1v) is 9.59. The third-order valence-electron chi connectivity index (χ3n) is 6.05. The Morgan fingerprint density at radius 1 is 0.818 bits per heavy atom. The van der Waals surface area contributed by atoms with E-state index in [2.05, 4.69) is 42.3 Å². The minimum Gasteiger partial charge on any atom is -0.299 e. The topological polar surface area (TPSA) is 3.24 Å². The molecule has 0 radical (unpaired) electrons. The molecule has 3 rings (SSSR count). The molecule has 2 aliphatic rings. The third kappa shape index (κ3) is 4.13. The van der Waals surface area contributed by atoms with Gasteiger partial charge in [0, 0.05) is 12.6 Å². The Kier molecular flexibility index (Phi) is 5.95. The van der Waals surface area contributed by atoms with Gasteiger partial charge in [0.15, 0.2) is 0 Å². The average molecular weight is 300 g/mol. The van der Waals surface area contributed by atoms with E-state index in [1.807, 2.05) is 0 Å². The number of nitrogens with zero attached hydrogens (tertiary/aromatic N) is 1. The van der Waals surface area contributed by atoms with Gasteiger partial charge >= 0.3 is 0 Å². The predicted molar refractivity (Wildman–Crippen MR) is 94.8 cm³/mol. The summed E-state index contributed by atoms with van der Waals surface area (Å²) < 4.78 is 0. The highest BCUT2D eigenvalue weighted by molar-refractivity contribution is 5.14. The van der Waals surface area contributed by atoms with Crippen LogP contribution in [0.15, 0.2) is 30.3 Å². The van der Waals surface area contributed by atoms with E-state index in [4.69, 9.17) is 0 Å². The summed E-state index contributed by atoms with van der Waals surface area (Å²) in [6.07, 6.45) is 14.7. The maximum Gasteiger partial charge on any atom is 0.0233 e. The number of benzene rings is 1. The molecule has 1 heteroatoms. The SMILES string of the molecule is CN(Cc1ccccc1)C(C1CCCCC1)C1CCCCC1. The molecule has 0 aromatic heterocycles. The van der Waals surface area contributed by atoms with Gasteiger partial charge in [-0.1, -0.05) is 68.9 Å². The molecule has 0 atom stereocenters. The van der Waals surface area contributed by atoms with Crippen LogP contribution in [0, 0.1) is 11.8 Å². The van der Waals surface area contributed by atoms with E-state index >= 15 is 0 Å². The molecule has 2 fully saturated rings. The van der Waals surface area contributed by atoms with Crippen molar-refractivity contribution in [1.29, 1.82) is 0 Å². The fraction of sp³-hybridized carbons (Fsp3) is 0.714. The number of hydrogen-bond acceptors (Lipinski definition) is 1. The summed E-state index contributed by atoms with van der Waals surface area (Å²) >= 11 is 0. The zero-order valence-electron chi connectivity index (χ0n) is 14.3. The van der Waals surface area contributed by atoms with Gasteiger partial charge in [0.1, 0.15) is 0 Å². The van der Waals surface area contributed by atoms with Crippen LogP contribution in [-0.4, -0.2) is 18.0 Å². The highest BCUT2D eigenvalue weighted by Crippen LogP contribution is 2.38. The van der Waals surface area contributed by atoms with Crippen molar-refractivity contribution in [3.8, 4) is 0 Å². The second-order valence-corrected chi connectivity index (χ2v) is 7.69. The molecule has 0 aliphatic heterocycles. The molecule has 1 aromatic carbocycles. The summed E-state index contributed by atoms with van der Waals surface area (Å²) in [6.45, 7) is 1.12. The molecule has 2 aliphatic carbocycles. The van der Waals surface area contributed by atoms with Crippen LogP contribution in [0.25, 0.3) is 0 Å². The minimum absolute atomic E-state index is 0.820. The summed E-state index contributed by atoms with van der Waals surface area (Å²) in [5.74, 6) is 1.90. The largest absolute Gasteiger partial charge is 0.299 e. The number of hydrogen-bond donors (Lipinski definition) is 0. The molecule has 2 saturated carbocycles. The summed E-state index contributed by atoms with van der Waals surface area (Å²) in [6, 6.07) is 11.9. The van der Waals surface area contributed by atoms with Crippen LogP contribution in [0.2, 0.25) is 0 Å². The standard InChI is InChI=1S/C21H33N/c1-22(17-18-11-5-2-6-12-18)21(19-13-7-3-8-14-19)20-15-9-4-10-16-20/h2,5-6,11-12,19-21H,3-4,7-10,13-17H2,1H3. The van der Waals surface area contributed by atoms with Crippen molar-refractivity contribution in [2.75, 3.05) is 7.05 Å². The molecule has 0 saturated heterocycles. The lowest BCUT2D eigenvalue weighted by atomic mass is 9.73. The second-order valence-electron chi connectivity index (χ2n) is 7.69. The summed E-state index contributed by atoms with van der Waals surface area (Å²) in [5.41, 5.74) is 1.47. The first kappa shape index (κ1) is 16.1. The summed E-state index contributed by atoms with van der Waals surface area (Å²) in [5, 5.41) is 0. The van der Waals surface area contributed by atoms with E-state index in [-0.39, 0.29) is 0 Å². The van der Waals surface area contributed by atoms with Gasteiger partial charge in [-0.15, -0.1) is 0 Å². The maximum absolute atomic E-state index is 2.71. The molecule has 0 unspecified atom stereocenters. The van der Waals surface area contributed by atoms with Crippen LogP contribution in [0.4, 0.5) is 0 Å². The minimum atomic E-state index is 0.820. The average Bonchev–Trinajstić information content (AvgIpc) is 2.58. The smallest absolute Gasteiger partial charge is 0.0233 e. The van der Waals surface area contributed by atoms with Gasteiger partial charge in [0.25, 0.3) is 0 Å². The van der Waals surface area contributed by atoms with Crippen molar-refractivity contribution in [1.82, 2.24) is 4.90 Å². The van der Waals surface area contributed by atoms with Crippen molar-refractivity contribution in [2.45, 2.75) is 76.8 Å². The molecular weight excluding hydrogens is 266 g/mol. The van der Waals surface area contributed by atoms with Crippen molar-refractivity contribution < 1.29 is 0 Å². The lowest BCUT2D eigenvalue weighted by Crippen LogP contribution is -2.44. The Morgan fingerprint density at radius 2 is 1.32 bits per heavy atom. The van der Waals surface area contributed by atoms with E-state index in [1.165, 1.54) is 69.8 Å². The van der Waals surface area contributed by atoms with Gasteiger partial charge in [-0.2, -0.15) is 0 Å². The Labute approximate surface area is 137 Å². The first-order chi connectivity index (χ1) is 10.8. The molecule has 1 nitrogen and oxygen atoms in total. The van der Waals surface area contributed by atoms with Crippen LogP contribution < -0.4 is 0 Å². The van der Waals surface area contributed by atoms with E-state index in [9.17, 15) is 0 Å². The van der Waals surface area contributed by atoms with Crippen molar-refractivity contribution >= 4 is 0 Å². The van der Waals surface area contributed by atoms with E-state index < -0.39 is 0 Å². The van der Waals surface area contributed by atoms with Crippen molar-refractivity contribution in [2.24, 2.45) is 11.8 Å². The lowest BCUT2D eigenvalue weighted by Gasteiger charge is -2.43.